The van der Waals surface area contributed by atoms with E-state index < -0.39 is 8.25 Å². The first kappa shape index (κ1) is 17.1. The molecule has 0 saturated heterocycles. The van der Waals surface area contributed by atoms with E-state index in [1.165, 1.54) is 44.9 Å². The molecule has 1 N–H and O–H groups in total. The number of nitrogens with one attached hydrogen (secondary N) is 1. The van der Waals surface area contributed by atoms with Crippen molar-refractivity contribution in [2.75, 3.05) is 13.2 Å². The summed E-state index contributed by atoms with van der Waals surface area (Å²) in [4.78, 5) is 0. The zero-order chi connectivity index (χ0) is 12.8. The van der Waals surface area contributed by atoms with Crippen LogP contribution in [0.3, 0.4) is 0 Å². The molecule has 0 aromatic carbocycles. The van der Waals surface area contributed by atoms with Gasteiger partial charge in [-0.2, -0.15) is 5.48 Å². The van der Waals surface area contributed by atoms with E-state index in [-0.39, 0.29) is 0 Å². The van der Waals surface area contributed by atoms with E-state index in [2.05, 4.69) is 12.4 Å². The van der Waals surface area contributed by atoms with Gasteiger partial charge in [0.2, 0.25) is 0 Å². The summed E-state index contributed by atoms with van der Waals surface area (Å²) in [5.74, 6) is 0. The van der Waals surface area contributed by atoms with Crippen molar-refractivity contribution in [3.63, 3.8) is 0 Å². The smallest absolute Gasteiger partial charge is 0.310 e. The lowest BCUT2D eigenvalue weighted by Crippen LogP contribution is -2.12. The Balaban J connectivity index is 3.01. The van der Waals surface area contributed by atoms with Crippen LogP contribution in [0.15, 0.2) is 0 Å². The van der Waals surface area contributed by atoms with Crippen molar-refractivity contribution in [1.29, 1.82) is 0 Å². The summed E-state index contributed by atoms with van der Waals surface area (Å²) in [7, 11) is -2.31. The Morgan fingerprint density at radius 2 is 1.53 bits per heavy atom. The summed E-state index contributed by atoms with van der Waals surface area (Å²) >= 11 is 0. The molecule has 0 aliphatic rings. The summed E-state index contributed by atoms with van der Waals surface area (Å²) in [6.45, 7) is 5.21. The Morgan fingerprint density at radius 1 is 0.941 bits per heavy atom. The van der Waals surface area contributed by atoms with Crippen LogP contribution in [0.5, 0.6) is 0 Å². The zero-order valence-electron chi connectivity index (χ0n) is 11.3. The Hall–Kier alpha value is 0.110. The van der Waals surface area contributed by atoms with Gasteiger partial charge in [0.15, 0.2) is 0 Å². The van der Waals surface area contributed by atoms with Gasteiger partial charge in [0.25, 0.3) is 0 Å². The molecule has 0 aromatic rings. The first-order chi connectivity index (χ1) is 8.31. The molecular formula is C12H28NO3P. The monoisotopic (exact) mass is 265 g/mol. The highest BCUT2D eigenvalue weighted by atomic mass is 31.1. The average Bonchev–Trinajstić information content (AvgIpc) is 2.32. The van der Waals surface area contributed by atoms with Crippen molar-refractivity contribution >= 4 is 8.25 Å². The van der Waals surface area contributed by atoms with Gasteiger partial charge in [0.05, 0.1) is 6.61 Å². The number of rotatable bonds is 13. The summed E-state index contributed by atoms with van der Waals surface area (Å²) in [5, 5.41) is 0. The fourth-order valence-corrected chi connectivity index (χ4v) is 2.10. The molecule has 0 spiro atoms. The van der Waals surface area contributed by atoms with Crippen LogP contribution < -0.4 is 5.48 Å². The van der Waals surface area contributed by atoms with Crippen LogP contribution in [0.4, 0.5) is 0 Å². The fourth-order valence-electron chi connectivity index (χ4n) is 1.59. The van der Waals surface area contributed by atoms with Gasteiger partial charge in [-0.25, -0.2) is 4.62 Å². The highest BCUT2D eigenvalue weighted by Crippen LogP contribution is 2.20. The van der Waals surface area contributed by atoms with E-state index in [0.717, 1.165) is 13.0 Å². The summed E-state index contributed by atoms with van der Waals surface area (Å²) in [6.07, 6.45) is 10.3. The van der Waals surface area contributed by atoms with Crippen LogP contribution >= 0.6 is 8.25 Å². The molecule has 0 bridgehead atoms. The van der Waals surface area contributed by atoms with Crippen LogP contribution in [0, 0.1) is 0 Å². The predicted molar refractivity (Wildman–Crippen MR) is 72.3 cm³/mol. The second-order valence-corrected chi connectivity index (χ2v) is 5.15. The molecule has 0 amide bonds. The van der Waals surface area contributed by atoms with E-state index in [4.69, 9.17) is 9.15 Å². The summed E-state index contributed by atoms with van der Waals surface area (Å²) in [5.41, 5.74) is 2.69. The van der Waals surface area contributed by atoms with Crippen molar-refractivity contribution in [3.05, 3.63) is 0 Å². The molecule has 4 nitrogen and oxygen atoms in total. The standard InChI is InChI=1S/C12H28NO3P/c1-3-5-6-7-8-9-10-11-12-13-16-17(14)15-4-2/h13,17H,3-12H2,1-2H3. The molecule has 5 heteroatoms. The van der Waals surface area contributed by atoms with Gasteiger partial charge in [-0.05, 0) is 13.3 Å². The second kappa shape index (κ2) is 14.2. The van der Waals surface area contributed by atoms with Gasteiger partial charge in [-0.1, -0.05) is 51.9 Å². The third-order valence-electron chi connectivity index (χ3n) is 2.55. The van der Waals surface area contributed by atoms with Crippen molar-refractivity contribution in [3.8, 4) is 0 Å². The van der Waals surface area contributed by atoms with E-state index in [1.54, 1.807) is 6.92 Å². The minimum atomic E-state index is -2.31. The number of hydrogen-bond donors (Lipinski definition) is 1. The maximum atomic E-state index is 11.0. The highest BCUT2D eigenvalue weighted by molar-refractivity contribution is 7.33. The van der Waals surface area contributed by atoms with E-state index >= 15 is 0 Å². The maximum absolute atomic E-state index is 11.0. The minimum absolute atomic E-state index is 0.428. The molecule has 0 saturated carbocycles. The summed E-state index contributed by atoms with van der Waals surface area (Å²) in [6, 6.07) is 0. The lowest BCUT2D eigenvalue weighted by Gasteiger charge is -2.05. The molecule has 1 atom stereocenters. The molecule has 0 aliphatic carbocycles. The molecule has 0 aromatic heterocycles. The molecule has 0 heterocycles. The Bertz CT molecular complexity index is 179. The Kier molecular flexibility index (Phi) is 14.3. The van der Waals surface area contributed by atoms with Crippen LogP contribution in [-0.2, 0) is 13.7 Å². The molecule has 1 unspecified atom stereocenters. The number of hydrogen-bond acceptors (Lipinski definition) is 4. The topological polar surface area (TPSA) is 47.6 Å². The molecule has 0 radical (unpaired) electrons. The average molecular weight is 265 g/mol. The third-order valence-corrected chi connectivity index (χ3v) is 3.39. The van der Waals surface area contributed by atoms with Crippen LogP contribution in [0.2, 0.25) is 0 Å². The second-order valence-electron chi connectivity index (χ2n) is 4.15. The van der Waals surface area contributed by atoms with Crippen molar-refractivity contribution in [1.82, 2.24) is 5.48 Å². The molecular weight excluding hydrogens is 237 g/mol. The van der Waals surface area contributed by atoms with E-state index in [0.29, 0.717) is 6.61 Å². The van der Waals surface area contributed by atoms with Gasteiger partial charge in [0.1, 0.15) is 0 Å². The highest BCUT2D eigenvalue weighted by Gasteiger charge is 1.96. The number of unbranched alkanes of at least 4 members (excludes halogenated alkanes) is 7. The first-order valence-corrected chi connectivity index (χ1v) is 8.10. The van der Waals surface area contributed by atoms with Gasteiger partial charge in [-0.15, -0.1) is 0 Å². The van der Waals surface area contributed by atoms with E-state index in [1.807, 2.05) is 0 Å². The maximum Gasteiger partial charge on any atom is 0.335 e. The van der Waals surface area contributed by atoms with Gasteiger partial charge >= 0.3 is 8.25 Å². The molecule has 17 heavy (non-hydrogen) atoms. The normalized spacial score (nSPS) is 12.8. The largest absolute Gasteiger partial charge is 0.335 e. The fraction of sp³-hybridized carbons (Fsp3) is 1.00. The molecule has 104 valence electrons. The van der Waals surface area contributed by atoms with Gasteiger partial charge in [-0.3, -0.25) is 4.57 Å². The summed E-state index contributed by atoms with van der Waals surface area (Å²) < 4.78 is 20.6. The molecule has 0 rings (SSSR count). The van der Waals surface area contributed by atoms with Crippen LogP contribution in [0.25, 0.3) is 0 Å². The van der Waals surface area contributed by atoms with Crippen molar-refractivity contribution < 1.29 is 13.7 Å². The first-order valence-electron chi connectivity index (χ1n) is 6.87. The van der Waals surface area contributed by atoms with Crippen molar-refractivity contribution in [2.24, 2.45) is 0 Å². The van der Waals surface area contributed by atoms with Gasteiger partial charge < -0.3 is 4.52 Å². The van der Waals surface area contributed by atoms with Crippen LogP contribution in [-0.4, -0.2) is 13.2 Å². The SMILES string of the molecule is CCCCCCCCCCNO[PH](=O)OCC. The Labute approximate surface area is 106 Å². The molecule has 0 aliphatic heterocycles. The Morgan fingerprint density at radius 3 is 2.12 bits per heavy atom. The third kappa shape index (κ3) is 14.0. The lowest BCUT2D eigenvalue weighted by molar-refractivity contribution is 0.158. The van der Waals surface area contributed by atoms with Gasteiger partial charge in [0, 0.05) is 6.54 Å². The van der Waals surface area contributed by atoms with E-state index in [9.17, 15) is 4.57 Å². The number of hydroxylamine groups is 1. The quantitative estimate of drug-likeness (QED) is 0.310. The predicted octanol–water partition coefficient (Wildman–Crippen LogP) is 4.07. The van der Waals surface area contributed by atoms with Crippen molar-refractivity contribution in [2.45, 2.75) is 65.2 Å². The van der Waals surface area contributed by atoms with Crippen LogP contribution in [0.1, 0.15) is 65.2 Å². The zero-order valence-corrected chi connectivity index (χ0v) is 12.3. The molecule has 0 fully saturated rings. The lowest BCUT2D eigenvalue weighted by atomic mass is 10.1. The minimum Gasteiger partial charge on any atom is -0.310 e.